The first-order chi connectivity index (χ1) is 9.72. The maximum absolute atomic E-state index is 9.26. The van der Waals surface area contributed by atoms with Gasteiger partial charge in [-0.3, -0.25) is 0 Å². The van der Waals surface area contributed by atoms with E-state index in [9.17, 15) is 5.11 Å². The Bertz CT molecular complexity index is 595. The van der Waals surface area contributed by atoms with Crippen LogP contribution in [0.4, 0.5) is 0 Å². The lowest BCUT2D eigenvalue weighted by Crippen LogP contribution is -2.17. The number of phenolic OH excluding ortho intramolecular Hbond substituents is 1. The zero-order valence-electron chi connectivity index (χ0n) is 11.3. The topological polar surface area (TPSA) is 50.7 Å². The highest BCUT2D eigenvalue weighted by Gasteiger charge is 2.15. The van der Waals surface area contributed by atoms with Crippen molar-refractivity contribution in [1.82, 2.24) is 5.32 Å². The van der Waals surface area contributed by atoms with E-state index in [4.69, 9.17) is 9.47 Å². The summed E-state index contributed by atoms with van der Waals surface area (Å²) >= 11 is 0. The molecule has 1 aliphatic rings. The van der Waals surface area contributed by atoms with Crippen molar-refractivity contribution in [2.45, 2.75) is 19.5 Å². The van der Waals surface area contributed by atoms with Gasteiger partial charge in [-0.05, 0) is 42.3 Å². The molecule has 0 bridgehead atoms. The number of aromatic hydroxyl groups is 1. The summed E-state index contributed by atoms with van der Waals surface area (Å²) in [6, 6.07) is 13.4. The molecule has 0 fully saturated rings. The highest BCUT2D eigenvalue weighted by atomic mass is 16.7. The second-order valence-electron chi connectivity index (χ2n) is 4.88. The minimum absolute atomic E-state index is 0.207. The first kappa shape index (κ1) is 12.8. The van der Waals surface area contributed by atoms with E-state index in [1.165, 1.54) is 0 Å². The molecular formula is C16H17NO3. The number of ether oxygens (including phenoxy) is 2. The summed E-state index contributed by atoms with van der Waals surface area (Å²) in [5.74, 6) is 1.90. The molecule has 0 aliphatic carbocycles. The zero-order valence-corrected chi connectivity index (χ0v) is 11.3. The lowest BCUT2D eigenvalue weighted by atomic mass is 10.1. The molecule has 0 saturated carbocycles. The Morgan fingerprint density at radius 3 is 2.65 bits per heavy atom. The molecule has 1 atom stereocenters. The summed E-state index contributed by atoms with van der Waals surface area (Å²) in [7, 11) is 0. The number of fused-ring (bicyclic) bond motifs is 1. The van der Waals surface area contributed by atoms with Crippen LogP contribution >= 0.6 is 0 Å². The Labute approximate surface area is 118 Å². The van der Waals surface area contributed by atoms with Crippen LogP contribution in [-0.4, -0.2) is 11.9 Å². The minimum atomic E-state index is 0.207. The monoisotopic (exact) mass is 271 g/mol. The van der Waals surface area contributed by atoms with Gasteiger partial charge in [-0.1, -0.05) is 18.2 Å². The van der Waals surface area contributed by atoms with Crippen molar-refractivity contribution >= 4 is 0 Å². The molecular weight excluding hydrogens is 254 g/mol. The van der Waals surface area contributed by atoms with E-state index in [1.807, 2.05) is 30.3 Å². The van der Waals surface area contributed by atoms with Gasteiger partial charge in [-0.15, -0.1) is 0 Å². The van der Waals surface area contributed by atoms with Gasteiger partial charge >= 0.3 is 0 Å². The third-order valence-corrected chi connectivity index (χ3v) is 3.45. The van der Waals surface area contributed by atoms with Gasteiger partial charge in [0, 0.05) is 12.6 Å². The fraction of sp³-hybridized carbons (Fsp3) is 0.250. The SMILES string of the molecule is CC(NCc1ccc(O)cc1)c1ccc2c(c1)OCO2. The normalized spacial score (nSPS) is 14.2. The van der Waals surface area contributed by atoms with E-state index in [-0.39, 0.29) is 11.8 Å². The van der Waals surface area contributed by atoms with E-state index >= 15 is 0 Å². The minimum Gasteiger partial charge on any atom is -0.508 e. The van der Waals surface area contributed by atoms with Crippen molar-refractivity contribution in [3.63, 3.8) is 0 Å². The number of nitrogens with one attached hydrogen (secondary N) is 1. The van der Waals surface area contributed by atoms with Crippen LogP contribution in [0.2, 0.25) is 0 Å². The van der Waals surface area contributed by atoms with Gasteiger partial charge in [-0.25, -0.2) is 0 Å². The Kier molecular flexibility index (Phi) is 3.48. The van der Waals surface area contributed by atoms with Crippen molar-refractivity contribution in [1.29, 1.82) is 0 Å². The van der Waals surface area contributed by atoms with Crippen molar-refractivity contribution in [3.8, 4) is 17.2 Å². The largest absolute Gasteiger partial charge is 0.508 e. The lowest BCUT2D eigenvalue weighted by molar-refractivity contribution is 0.174. The summed E-state index contributed by atoms with van der Waals surface area (Å²) < 4.78 is 10.7. The van der Waals surface area contributed by atoms with Crippen LogP contribution in [-0.2, 0) is 6.54 Å². The van der Waals surface area contributed by atoms with Crippen LogP contribution in [0, 0.1) is 0 Å². The molecule has 2 aromatic rings. The summed E-state index contributed by atoms with van der Waals surface area (Å²) in [5.41, 5.74) is 2.29. The molecule has 4 nitrogen and oxygen atoms in total. The van der Waals surface area contributed by atoms with Gasteiger partial charge in [0.2, 0.25) is 6.79 Å². The van der Waals surface area contributed by atoms with Gasteiger partial charge in [0.1, 0.15) is 5.75 Å². The number of benzene rings is 2. The second kappa shape index (κ2) is 5.43. The quantitative estimate of drug-likeness (QED) is 0.897. The molecule has 0 radical (unpaired) electrons. The summed E-state index contributed by atoms with van der Waals surface area (Å²) in [5, 5.41) is 12.7. The van der Waals surface area contributed by atoms with Crippen LogP contribution in [0.1, 0.15) is 24.1 Å². The first-order valence-electron chi connectivity index (χ1n) is 6.63. The molecule has 20 heavy (non-hydrogen) atoms. The second-order valence-corrected chi connectivity index (χ2v) is 4.88. The molecule has 0 saturated heterocycles. The van der Waals surface area contributed by atoms with Crippen LogP contribution in [0.3, 0.4) is 0 Å². The van der Waals surface area contributed by atoms with Crippen LogP contribution in [0.25, 0.3) is 0 Å². The molecule has 2 N–H and O–H groups in total. The van der Waals surface area contributed by atoms with E-state index in [0.29, 0.717) is 6.79 Å². The average Bonchev–Trinajstić information content (AvgIpc) is 2.93. The predicted molar refractivity (Wildman–Crippen MR) is 75.9 cm³/mol. The Morgan fingerprint density at radius 2 is 1.85 bits per heavy atom. The Balaban J connectivity index is 1.64. The Hall–Kier alpha value is -2.20. The highest BCUT2D eigenvalue weighted by Crippen LogP contribution is 2.34. The smallest absolute Gasteiger partial charge is 0.231 e. The van der Waals surface area contributed by atoms with E-state index in [2.05, 4.69) is 12.2 Å². The zero-order chi connectivity index (χ0) is 13.9. The van der Waals surface area contributed by atoms with E-state index < -0.39 is 0 Å². The molecule has 1 heterocycles. The molecule has 3 rings (SSSR count). The summed E-state index contributed by atoms with van der Waals surface area (Å²) in [6.07, 6.45) is 0. The van der Waals surface area contributed by atoms with Crippen molar-refractivity contribution < 1.29 is 14.6 Å². The van der Waals surface area contributed by atoms with Crippen molar-refractivity contribution in [3.05, 3.63) is 53.6 Å². The molecule has 0 amide bonds. The molecule has 2 aromatic carbocycles. The molecule has 1 unspecified atom stereocenters. The number of rotatable bonds is 4. The van der Waals surface area contributed by atoms with Gasteiger partial charge in [0.05, 0.1) is 0 Å². The van der Waals surface area contributed by atoms with Crippen LogP contribution < -0.4 is 14.8 Å². The predicted octanol–water partition coefficient (Wildman–Crippen LogP) is 2.97. The van der Waals surface area contributed by atoms with Crippen molar-refractivity contribution in [2.24, 2.45) is 0 Å². The molecule has 0 aromatic heterocycles. The molecule has 1 aliphatic heterocycles. The number of hydrogen-bond donors (Lipinski definition) is 2. The average molecular weight is 271 g/mol. The maximum atomic E-state index is 9.26. The van der Waals surface area contributed by atoms with E-state index in [0.717, 1.165) is 29.2 Å². The fourth-order valence-corrected chi connectivity index (χ4v) is 2.19. The molecule has 104 valence electrons. The van der Waals surface area contributed by atoms with Gasteiger partial charge in [-0.2, -0.15) is 0 Å². The maximum Gasteiger partial charge on any atom is 0.231 e. The third-order valence-electron chi connectivity index (χ3n) is 3.45. The number of hydrogen-bond acceptors (Lipinski definition) is 4. The number of phenols is 1. The van der Waals surface area contributed by atoms with E-state index in [1.54, 1.807) is 12.1 Å². The molecule has 4 heteroatoms. The third kappa shape index (κ3) is 2.70. The lowest BCUT2D eigenvalue weighted by Gasteiger charge is -2.15. The van der Waals surface area contributed by atoms with Crippen LogP contribution in [0.15, 0.2) is 42.5 Å². The molecule has 0 spiro atoms. The van der Waals surface area contributed by atoms with Crippen molar-refractivity contribution in [2.75, 3.05) is 6.79 Å². The first-order valence-corrected chi connectivity index (χ1v) is 6.63. The highest BCUT2D eigenvalue weighted by molar-refractivity contribution is 5.45. The van der Waals surface area contributed by atoms with Gasteiger partial charge in [0.15, 0.2) is 11.5 Å². The standard InChI is InChI=1S/C16H17NO3/c1-11(17-9-12-2-5-14(18)6-3-12)13-4-7-15-16(8-13)20-10-19-15/h2-8,11,17-18H,9-10H2,1H3. The van der Waals surface area contributed by atoms with Gasteiger partial charge < -0.3 is 19.9 Å². The summed E-state index contributed by atoms with van der Waals surface area (Å²) in [4.78, 5) is 0. The fourth-order valence-electron chi connectivity index (χ4n) is 2.19. The van der Waals surface area contributed by atoms with Crippen LogP contribution in [0.5, 0.6) is 17.2 Å². The van der Waals surface area contributed by atoms with Gasteiger partial charge in [0.25, 0.3) is 0 Å². The summed E-state index contributed by atoms with van der Waals surface area (Å²) in [6.45, 7) is 3.15. The Morgan fingerprint density at radius 1 is 1.10 bits per heavy atom.